The molecule has 1 heterocycles. The first kappa shape index (κ1) is 14.9. The maximum absolute atomic E-state index is 12.5. The van der Waals surface area contributed by atoms with Crippen LogP contribution >= 0.6 is 0 Å². The minimum atomic E-state index is -0.848. The Bertz CT molecular complexity index is 586. The lowest BCUT2D eigenvalue weighted by atomic mass is 10.0. The molecule has 1 amide bonds. The standard InChI is InChI=1S/C17H21NO4/c1-22-15-7-3-2-5-11(15)9-12-6-4-8-18(12)16(19)13-10-14(13)17(20)21/h2-3,5,7,12-14H,4,6,8-10H2,1H3,(H,20,21)/t12-,13+,14+/m0/s1. The molecule has 1 saturated carbocycles. The number of carboxylic acid groups (broad SMARTS) is 1. The molecule has 2 aliphatic rings. The van der Waals surface area contributed by atoms with E-state index < -0.39 is 11.9 Å². The van der Waals surface area contributed by atoms with Crippen molar-refractivity contribution in [2.24, 2.45) is 11.8 Å². The van der Waals surface area contributed by atoms with E-state index in [1.165, 1.54) is 0 Å². The number of likely N-dealkylation sites (tertiary alicyclic amines) is 1. The third-order valence-electron chi connectivity index (χ3n) is 4.73. The molecule has 0 aromatic heterocycles. The molecule has 0 unspecified atom stereocenters. The summed E-state index contributed by atoms with van der Waals surface area (Å²) in [5.74, 6) is -0.768. The minimum Gasteiger partial charge on any atom is -0.496 e. The number of benzene rings is 1. The van der Waals surface area contributed by atoms with Crippen molar-refractivity contribution in [3.05, 3.63) is 29.8 Å². The number of hydrogen-bond donors (Lipinski definition) is 1. The quantitative estimate of drug-likeness (QED) is 0.903. The van der Waals surface area contributed by atoms with Crippen molar-refractivity contribution in [2.75, 3.05) is 13.7 Å². The van der Waals surface area contributed by atoms with Gasteiger partial charge >= 0.3 is 5.97 Å². The predicted molar refractivity (Wildman–Crippen MR) is 80.7 cm³/mol. The Morgan fingerprint density at radius 3 is 2.77 bits per heavy atom. The lowest BCUT2D eigenvalue weighted by molar-refractivity contribution is -0.142. The van der Waals surface area contributed by atoms with E-state index in [0.717, 1.165) is 37.1 Å². The second-order valence-corrected chi connectivity index (χ2v) is 6.13. The molecule has 3 atom stereocenters. The summed E-state index contributed by atoms with van der Waals surface area (Å²) in [5.41, 5.74) is 1.10. The third kappa shape index (κ3) is 2.80. The predicted octanol–water partition coefficient (Wildman–Crippen LogP) is 1.95. The second-order valence-electron chi connectivity index (χ2n) is 6.13. The fourth-order valence-electron chi connectivity index (χ4n) is 3.42. The summed E-state index contributed by atoms with van der Waals surface area (Å²) in [6.07, 6.45) is 3.20. The molecular formula is C17H21NO4. The van der Waals surface area contributed by atoms with E-state index in [-0.39, 0.29) is 17.9 Å². The molecule has 1 saturated heterocycles. The topological polar surface area (TPSA) is 66.8 Å². The highest BCUT2D eigenvalue weighted by molar-refractivity contribution is 5.89. The normalized spacial score (nSPS) is 26.8. The zero-order chi connectivity index (χ0) is 15.7. The van der Waals surface area contributed by atoms with Crippen LogP contribution in [0, 0.1) is 11.8 Å². The van der Waals surface area contributed by atoms with Gasteiger partial charge in [-0.25, -0.2) is 0 Å². The van der Waals surface area contributed by atoms with Crippen molar-refractivity contribution in [1.82, 2.24) is 4.90 Å². The number of carboxylic acids is 1. The first-order valence-corrected chi connectivity index (χ1v) is 7.77. The van der Waals surface area contributed by atoms with Gasteiger partial charge in [0, 0.05) is 12.6 Å². The Morgan fingerprint density at radius 1 is 1.32 bits per heavy atom. The molecule has 118 valence electrons. The van der Waals surface area contributed by atoms with Crippen molar-refractivity contribution in [3.8, 4) is 5.75 Å². The summed E-state index contributed by atoms with van der Waals surface area (Å²) in [6, 6.07) is 8.01. The van der Waals surface area contributed by atoms with Crippen molar-refractivity contribution >= 4 is 11.9 Å². The summed E-state index contributed by atoms with van der Waals surface area (Å²) >= 11 is 0. The fraction of sp³-hybridized carbons (Fsp3) is 0.529. The smallest absolute Gasteiger partial charge is 0.307 e. The van der Waals surface area contributed by atoms with Crippen LogP contribution in [0.15, 0.2) is 24.3 Å². The van der Waals surface area contributed by atoms with Crippen LogP contribution in [0.25, 0.3) is 0 Å². The number of amides is 1. The summed E-state index contributed by atoms with van der Waals surface area (Å²) in [6.45, 7) is 0.738. The van der Waals surface area contributed by atoms with Crippen LogP contribution in [0.3, 0.4) is 0 Å². The van der Waals surface area contributed by atoms with Crippen LogP contribution in [-0.2, 0) is 16.0 Å². The van der Waals surface area contributed by atoms with Gasteiger partial charge in [-0.1, -0.05) is 18.2 Å². The number of hydrogen-bond acceptors (Lipinski definition) is 3. The highest BCUT2D eigenvalue weighted by Crippen LogP contribution is 2.41. The monoisotopic (exact) mass is 303 g/mol. The number of aliphatic carboxylic acids is 1. The minimum absolute atomic E-state index is 0.0183. The van der Waals surface area contributed by atoms with Crippen LogP contribution in [0.2, 0.25) is 0 Å². The molecule has 0 spiro atoms. The number of para-hydroxylation sites is 1. The van der Waals surface area contributed by atoms with Gasteiger partial charge in [0.1, 0.15) is 5.75 Å². The van der Waals surface area contributed by atoms with Crippen molar-refractivity contribution in [3.63, 3.8) is 0 Å². The van der Waals surface area contributed by atoms with Gasteiger partial charge in [-0.3, -0.25) is 9.59 Å². The van der Waals surface area contributed by atoms with Crippen molar-refractivity contribution in [2.45, 2.75) is 31.7 Å². The van der Waals surface area contributed by atoms with E-state index >= 15 is 0 Å². The number of nitrogens with zero attached hydrogens (tertiary/aromatic N) is 1. The maximum atomic E-state index is 12.5. The van der Waals surface area contributed by atoms with Crippen LogP contribution < -0.4 is 4.74 Å². The largest absolute Gasteiger partial charge is 0.496 e. The Hall–Kier alpha value is -2.04. The van der Waals surface area contributed by atoms with Gasteiger partial charge in [-0.05, 0) is 37.3 Å². The SMILES string of the molecule is COc1ccccc1C[C@@H]1CCCN1C(=O)[C@@H]1C[C@H]1C(=O)O. The van der Waals surface area contributed by atoms with Crippen LogP contribution in [-0.4, -0.2) is 41.6 Å². The molecule has 3 rings (SSSR count). The second kappa shape index (κ2) is 5.99. The zero-order valence-electron chi connectivity index (χ0n) is 12.7. The Kier molecular flexibility index (Phi) is 4.05. The van der Waals surface area contributed by atoms with E-state index in [1.54, 1.807) is 7.11 Å². The van der Waals surface area contributed by atoms with Crippen molar-refractivity contribution in [1.29, 1.82) is 0 Å². The molecule has 2 fully saturated rings. The molecule has 1 N–H and O–H groups in total. The lowest BCUT2D eigenvalue weighted by Gasteiger charge is -2.25. The molecule has 5 heteroatoms. The van der Waals surface area contributed by atoms with E-state index in [9.17, 15) is 9.59 Å². The molecule has 1 aromatic carbocycles. The van der Waals surface area contributed by atoms with Crippen LogP contribution in [0.4, 0.5) is 0 Å². The first-order chi connectivity index (χ1) is 10.6. The molecule has 1 aromatic rings. The zero-order valence-corrected chi connectivity index (χ0v) is 12.7. The highest BCUT2D eigenvalue weighted by atomic mass is 16.5. The maximum Gasteiger partial charge on any atom is 0.307 e. The van der Waals surface area contributed by atoms with Gasteiger partial charge in [0.25, 0.3) is 0 Å². The van der Waals surface area contributed by atoms with Gasteiger partial charge in [0.2, 0.25) is 5.91 Å². The molecule has 5 nitrogen and oxygen atoms in total. The fourth-order valence-corrected chi connectivity index (χ4v) is 3.42. The molecule has 0 bridgehead atoms. The number of ether oxygens (including phenoxy) is 1. The van der Waals surface area contributed by atoms with Gasteiger partial charge in [0.15, 0.2) is 0 Å². The van der Waals surface area contributed by atoms with Gasteiger partial charge in [-0.2, -0.15) is 0 Å². The Balaban J connectivity index is 1.69. The van der Waals surface area contributed by atoms with E-state index in [0.29, 0.717) is 6.42 Å². The Morgan fingerprint density at radius 2 is 2.09 bits per heavy atom. The molecule has 1 aliphatic heterocycles. The van der Waals surface area contributed by atoms with E-state index in [1.807, 2.05) is 29.2 Å². The third-order valence-corrected chi connectivity index (χ3v) is 4.73. The van der Waals surface area contributed by atoms with E-state index in [2.05, 4.69) is 0 Å². The lowest BCUT2D eigenvalue weighted by Crippen LogP contribution is -2.38. The van der Waals surface area contributed by atoms with Crippen LogP contribution in [0.5, 0.6) is 5.75 Å². The van der Waals surface area contributed by atoms with Crippen LogP contribution in [0.1, 0.15) is 24.8 Å². The summed E-state index contributed by atoms with van der Waals surface area (Å²) in [7, 11) is 1.65. The molecule has 0 radical (unpaired) electrons. The average Bonchev–Trinajstić information content (AvgIpc) is 3.20. The van der Waals surface area contributed by atoms with Crippen molar-refractivity contribution < 1.29 is 19.4 Å². The summed E-state index contributed by atoms with van der Waals surface area (Å²) in [4.78, 5) is 25.4. The summed E-state index contributed by atoms with van der Waals surface area (Å²) < 4.78 is 5.38. The number of methoxy groups -OCH3 is 1. The number of rotatable bonds is 5. The van der Waals surface area contributed by atoms with E-state index in [4.69, 9.17) is 9.84 Å². The highest BCUT2D eigenvalue weighted by Gasteiger charge is 2.51. The first-order valence-electron chi connectivity index (χ1n) is 7.77. The molecule has 22 heavy (non-hydrogen) atoms. The summed E-state index contributed by atoms with van der Waals surface area (Å²) in [5, 5.41) is 9.00. The van der Waals surface area contributed by atoms with Gasteiger partial charge in [-0.15, -0.1) is 0 Å². The molecular weight excluding hydrogens is 282 g/mol. The average molecular weight is 303 g/mol. The Labute approximate surface area is 129 Å². The molecule has 1 aliphatic carbocycles. The van der Waals surface area contributed by atoms with Gasteiger partial charge < -0.3 is 14.7 Å². The number of carbonyl (C=O) groups is 2. The number of carbonyl (C=O) groups excluding carboxylic acids is 1. The van der Waals surface area contributed by atoms with Gasteiger partial charge in [0.05, 0.1) is 18.9 Å².